The predicted molar refractivity (Wildman–Crippen MR) is 74.6 cm³/mol. The van der Waals surface area contributed by atoms with Gasteiger partial charge in [-0.2, -0.15) is 4.98 Å². The van der Waals surface area contributed by atoms with Crippen molar-refractivity contribution in [2.75, 3.05) is 18.9 Å². The highest BCUT2D eigenvalue weighted by Crippen LogP contribution is 2.11. The summed E-state index contributed by atoms with van der Waals surface area (Å²) in [6.45, 7) is 6.34. The van der Waals surface area contributed by atoms with Crippen molar-refractivity contribution in [3.8, 4) is 0 Å². The summed E-state index contributed by atoms with van der Waals surface area (Å²) in [7, 11) is 1.80. The number of anilines is 1. The zero-order chi connectivity index (χ0) is 15.4. The molecule has 21 heavy (non-hydrogen) atoms. The van der Waals surface area contributed by atoms with Crippen LogP contribution in [0.25, 0.3) is 0 Å². The largest absolute Gasteiger partial charge is 0.360 e. The van der Waals surface area contributed by atoms with Gasteiger partial charge in [0.1, 0.15) is 5.76 Å². The van der Waals surface area contributed by atoms with Crippen molar-refractivity contribution in [1.82, 2.24) is 20.2 Å². The number of aromatic nitrogens is 3. The predicted octanol–water partition coefficient (Wildman–Crippen LogP) is 1.56. The standard InChI is InChI=1S/C13H19N5O3/c1-8(2)13-15-12(21-17-13)7-18(4)6-11(19)14-10-5-9(3)20-16-10/h5,8H,6-7H2,1-4H3,(H,14,16,19). The van der Waals surface area contributed by atoms with Gasteiger partial charge in [-0.05, 0) is 14.0 Å². The number of carbonyl (C=O) groups is 1. The highest BCUT2D eigenvalue weighted by Gasteiger charge is 2.14. The van der Waals surface area contributed by atoms with Crippen LogP contribution in [0.15, 0.2) is 15.1 Å². The lowest BCUT2D eigenvalue weighted by molar-refractivity contribution is -0.117. The van der Waals surface area contributed by atoms with Gasteiger partial charge in [-0.1, -0.05) is 24.2 Å². The molecule has 0 aliphatic carbocycles. The van der Waals surface area contributed by atoms with Gasteiger partial charge >= 0.3 is 0 Å². The van der Waals surface area contributed by atoms with Crippen LogP contribution < -0.4 is 5.32 Å². The van der Waals surface area contributed by atoms with Gasteiger partial charge in [0.05, 0.1) is 13.1 Å². The first kappa shape index (κ1) is 15.2. The number of hydrogen-bond donors (Lipinski definition) is 1. The summed E-state index contributed by atoms with van der Waals surface area (Å²) in [5.41, 5.74) is 0. The van der Waals surface area contributed by atoms with Gasteiger partial charge in [-0.15, -0.1) is 0 Å². The molecule has 8 heteroatoms. The monoisotopic (exact) mass is 293 g/mol. The number of nitrogens with zero attached hydrogens (tertiary/aromatic N) is 4. The summed E-state index contributed by atoms with van der Waals surface area (Å²) in [4.78, 5) is 17.9. The number of hydrogen-bond acceptors (Lipinski definition) is 7. The highest BCUT2D eigenvalue weighted by molar-refractivity contribution is 5.91. The fourth-order valence-corrected chi connectivity index (χ4v) is 1.71. The molecule has 0 fully saturated rings. The van der Waals surface area contributed by atoms with Crippen molar-refractivity contribution in [3.05, 3.63) is 23.5 Å². The third kappa shape index (κ3) is 4.38. The number of likely N-dealkylation sites (N-methyl/N-ethyl adjacent to an activating group) is 1. The first-order valence-corrected chi connectivity index (χ1v) is 6.68. The number of aryl methyl sites for hydroxylation is 1. The molecule has 1 amide bonds. The summed E-state index contributed by atoms with van der Waals surface area (Å²) in [5.74, 6) is 2.24. The Labute approximate surface area is 122 Å². The van der Waals surface area contributed by atoms with Crippen LogP contribution in [0.4, 0.5) is 5.82 Å². The molecule has 0 atom stereocenters. The van der Waals surface area contributed by atoms with Crippen LogP contribution >= 0.6 is 0 Å². The van der Waals surface area contributed by atoms with Gasteiger partial charge in [-0.3, -0.25) is 9.69 Å². The van der Waals surface area contributed by atoms with Gasteiger partial charge in [0.15, 0.2) is 11.6 Å². The fraction of sp³-hybridized carbons (Fsp3) is 0.538. The van der Waals surface area contributed by atoms with Crippen molar-refractivity contribution in [1.29, 1.82) is 0 Å². The minimum Gasteiger partial charge on any atom is -0.360 e. The maximum Gasteiger partial charge on any atom is 0.240 e. The number of carbonyl (C=O) groups excluding carboxylic acids is 1. The van der Waals surface area contributed by atoms with Crippen LogP contribution in [-0.4, -0.2) is 39.7 Å². The van der Waals surface area contributed by atoms with E-state index in [1.54, 1.807) is 24.9 Å². The lowest BCUT2D eigenvalue weighted by atomic mass is 10.2. The van der Waals surface area contributed by atoms with Crippen molar-refractivity contribution in [2.24, 2.45) is 0 Å². The van der Waals surface area contributed by atoms with E-state index in [0.717, 1.165) is 0 Å². The van der Waals surface area contributed by atoms with Crippen LogP contribution in [0.2, 0.25) is 0 Å². The van der Waals surface area contributed by atoms with E-state index in [1.165, 1.54) is 0 Å². The molecule has 0 unspecified atom stereocenters. The van der Waals surface area contributed by atoms with E-state index in [1.807, 2.05) is 13.8 Å². The summed E-state index contributed by atoms with van der Waals surface area (Å²) < 4.78 is 10.0. The molecular weight excluding hydrogens is 274 g/mol. The molecule has 0 radical (unpaired) electrons. The third-order valence-corrected chi connectivity index (χ3v) is 2.71. The third-order valence-electron chi connectivity index (χ3n) is 2.71. The topological polar surface area (TPSA) is 97.3 Å². The van der Waals surface area contributed by atoms with Crippen molar-refractivity contribution >= 4 is 11.7 Å². The zero-order valence-electron chi connectivity index (χ0n) is 12.6. The molecule has 0 aliphatic heterocycles. The lowest BCUT2D eigenvalue weighted by Crippen LogP contribution is -2.30. The van der Waals surface area contributed by atoms with Crippen molar-refractivity contribution in [3.63, 3.8) is 0 Å². The summed E-state index contributed by atoms with van der Waals surface area (Å²) in [5, 5.41) is 10.2. The van der Waals surface area contributed by atoms with E-state index in [2.05, 4.69) is 20.6 Å². The molecule has 2 aromatic rings. The number of amides is 1. The zero-order valence-corrected chi connectivity index (χ0v) is 12.6. The van der Waals surface area contributed by atoms with Gasteiger partial charge in [0.2, 0.25) is 11.8 Å². The number of rotatable bonds is 6. The molecule has 8 nitrogen and oxygen atoms in total. The lowest BCUT2D eigenvalue weighted by Gasteiger charge is -2.12. The summed E-state index contributed by atoms with van der Waals surface area (Å²) in [6.07, 6.45) is 0. The molecule has 114 valence electrons. The second-order valence-corrected chi connectivity index (χ2v) is 5.24. The minimum atomic E-state index is -0.186. The maximum atomic E-state index is 11.8. The molecule has 0 aromatic carbocycles. The van der Waals surface area contributed by atoms with Gasteiger partial charge < -0.3 is 14.4 Å². The Bertz CT molecular complexity index is 604. The quantitative estimate of drug-likeness (QED) is 0.863. The second kappa shape index (κ2) is 6.49. The SMILES string of the molecule is Cc1cc(NC(=O)CN(C)Cc2nc(C(C)C)no2)no1. The Morgan fingerprint density at radius 1 is 1.38 bits per heavy atom. The van der Waals surface area contributed by atoms with E-state index in [-0.39, 0.29) is 18.4 Å². The average Bonchev–Trinajstić information content (AvgIpc) is 2.98. The minimum absolute atomic E-state index is 0.186. The molecule has 2 heterocycles. The summed E-state index contributed by atoms with van der Waals surface area (Å²) >= 11 is 0. The average molecular weight is 293 g/mol. The Morgan fingerprint density at radius 2 is 2.14 bits per heavy atom. The first-order chi connectivity index (χ1) is 9.94. The Morgan fingerprint density at radius 3 is 2.71 bits per heavy atom. The van der Waals surface area contributed by atoms with Crippen LogP contribution in [0.3, 0.4) is 0 Å². The van der Waals surface area contributed by atoms with E-state index < -0.39 is 0 Å². The van der Waals surface area contributed by atoms with E-state index >= 15 is 0 Å². The van der Waals surface area contributed by atoms with Crippen LogP contribution in [0.1, 0.15) is 37.2 Å². The summed E-state index contributed by atoms with van der Waals surface area (Å²) in [6, 6.07) is 1.66. The highest BCUT2D eigenvalue weighted by atomic mass is 16.5. The van der Waals surface area contributed by atoms with Crippen LogP contribution in [0.5, 0.6) is 0 Å². The second-order valence-electron chi connectivity index (χ2n) is 5.24. The molecule has 0 saturated carbocycles. The molecule has 0 saturated heterocycles. The van der Waals surface area contributed by atoms with Gasteiger partial charge in [0, 0.05) is 12.0 Å². The maximum absolute atomic E-state index is 11.8. The van der Waals surface area contributed by atoms with Gasteiger partial charge in [-0.25, -0.2) is 0 Å². The van der Waals surface area contributed by atoms with Gasteiger partial charge in [0.25, 0.3) is 0 Å². The normalized spacial score (nSPS) is 11.3. The van der Waals surface area contributed by atoms with Crippen LogP contribution in [0, 0.1) is 6.92 Å². The van der Waals surface area contributed by atoms with E-state index in [9.17, 15) is 4.79 Å². The molecule has 2 rings (SSSR count). The smallest absolute Gasteiger partial charge is 0.240 e. The molecule has 0 aliphatic rings. The molecule has 0 spiro atoms. The van der Waals surface area contributed by atoms with E-state index in [0.29, 0.717) is 29.8 Å². The Balaban J connectivity index is 1.83. The first-order valence-electron chi connectivity index (χ1n) is 6.68. The number of nitrogens with one attached hydrogen (secondary N) is 1. The van der Waals surface area contributed by atoms with E-state index in [4.69, 9.17) is 9.05 Å². The van der Waals surface area contributed by atoms with Crippen molar-refractivity contribution in [2.45, 2.75) is 33.2 Å². The molecule has 2 aromatic heterocycles. The Hall–Kier alpha value is -2.22. The molecule has 0 bridgehead atoms. The fourth-order valence-electron chi connectivity index (χ4n) is 1.71. The van der Waals surface area contributed by atoms with Crippen LogP contribution in [-0.2, 0) is 11.3 Å². The Kier molecular flexibility index (Phi) is 4.69. The molecular formula is C13H19N5O3. The van der Waals surface area contributed by atoms with Crippen molar-refractivity contribution < 1.29 is 13.8 Å². The molecule has 1 N–H and O–H groups in total.